The zero-order valence-electron chi connectivity index (χ0n) is 10.2. The van der Waals surface area contributed by atoms with Gasteiger partial charge in [-0.25, -0.2) is 0 Å². The van der Waals surface area contributed by atoms with Gasteiger partial charge in [0, 0.05) is 24.6 Å². The summed E-state index contributed by atoms with van der Waals surface area (Å²) in [6.45, 7) is 4.10. The first kappa shape index (κ1) is 12.1. The van der Waals surface area contributed by atoms with Crippen molar-refractivity contribution in [2.75, 3.05) is 13.2 Å². The van der Waals surface area contributed by atoms with E-state index in [0.717, 1.165) is 18.6 Å². The molecule has 1 aliphatic rings. The molecule has 1 N–H and O–H groups in total. The normalized spacial score (nSPS) is 15.3. The Morgan fingerprint density at radius 3 is 2.88 bits per heavy atom. The third kappa shape index (κ3) is 2.66. The van der Waals surface area contributed by atoms with Crippen LogP contribution in [-0.4, -0.2) is 40.3 Å². The maximum atomic E-state index is 12.1. The molecule has 1 heterocycles. The van der Waals surface area contributed by atoms with Gasteiger partial charge in [0.05, 0.1) is 6.61 Å². The van der Waals surface area contributed by atoms with Crippen molar-refractivity contribution in [1.29, 1.82) is 0 Å². The zero-order chi connectivity index (χ0) is 12.4. The number of aliphatic hydroxyl groups excluding tert-OH is 1. The van der Waals surface area contributed by atoms with E-state index in [0.29, 0.717) is 18.2 Å². The lowest BCUT2D eigenvalue weighted by Gasteiger charge is -2.24. The standard InChI is InChI=1S/C12H18N2O3/c1-8(2)14(5-6-15)12(16)10-7-11(17-13-10)9-3-4-9/h7-9,15H,3-6H2,1-2H3. The summed E-state index contributed by atoms with van der Waals surface area (Å²) in [5, 5.41) is 12.8. The highest BCUT2D eigenvalue weighted by atomic mass is 16.5. The monoisotopic (exact) mass is 238 g/mol. The van der Waals surface area contributed by atoms with E-state index in [1.807, 2.05) is 13.8 Å². The smallest absolute Gasteiger partial charge is 0.276 e. The van der Waals surface area contributed by atoms with E-state index >= 15 is 0 Å². The molecular weight excluding hydrogens is 220 g/mol. The average Bonchev–Trinajstić information content (AvgIpc) is 3.03. The van der Waals surface area contributed by atoms with Gasteiger partial charge < -0.3 is 14.5 Å². The summed E-state index contributed by atoms with van der Waals surface area (Å²) in [7, 11) is 0. The quantitative estimate of drug-likeness (QED) is 0.842. The number of aromatic nitrogens is 1. The molecule has 94 valence electrons. The Morgan fingerprint density at radius 2 is 2.35 bits per heavy atom. The Labute approximate surface area is 100 Å². The minimum Gasteiger partial charge on any atom is -0.395 e. The lowest BCUT2D eigenvalue weighted by molar-refractivity contribution is 0.0655. The molecule has 0 spiro atoms. The Morgan fingerprint density at radius 1 is 1.65 bits per heavy atom. The van der Waals surface area contributed by atoms with Crippen LogP contribution in [-0.2, 0) is 0 Å². The molecule has 1 aliphatic carbocycles. The summed E-state index contributed by atoms with van der Waals surface area (Å²) in [6, 6.07) is 1.77. The summed E-state index contributed by atoms with van der Waals surface area (Å²) in [5.41, 5.74) is 0.342. The minimum absolute atomic E-state index is 0.0377. The minimum atomic E-state index is -0.176. The second kappa shape index (κ2) is 4.87. The van der Waals surface area contributed by atoms with Crippen molar-refractivity contribution in [1.82, 2.24) is 10.1 Å². The number of carbonyl (C=O) groups is 1. The predicted octanol–water partition coefficient (Wildman–Crippen LogP) is 1.39. The van der Waals surface area contributed by atoms with Crippen LogP contribution in [0, 0.1) is 0 Å². The zero-order valence-corrected chi connectivity index (χ0v) is 10.2. The van der Waals surface area contributed by atoms with Gasteiger partial charge in [0.25, 0.3) is 5.91 Å². The van der Waals surface area contributed by atoms with Crippen molar-refractivity contribution in [2.24, 2.45) is 0 Å². The maximum Gasteiger partial charge on any atom is 0.276 e. The van der Waals surface area contributed by atoms with E-state index in [1.54, 1.807) is 11.0 Å². The van der Waals surface area contributed by atoms with Crippen LogP contribution in [0.1, 0.15) is 48.9 Å². The van der Waals surface area contributed by atoms with Crippen LogP contribution in [0.15, 0.2) is 10.6 Å². The van der Waals surface area contributed by atoms with E-state index in [2.05, 4.69) is 5.16 Å². The third-order valence-electron chi connectivity index (χ3n) is 2.95. The Balaban J connectivity index is 2.10. The number of carbonyl (C=O) groups excluding carboxylic acids is 1. The largest absolute Gasteiger partial charge is 0.395 e. The van der Waals surface area contributed by atoms with Crippen LogP contribution in [0.3, 0.4) is 0 Å². The molecule has 0 aromatic carbocycles. The van der Waals surface area contributed by atoms with Crippen LogP contribution in [0.5, 0.6) is 0 Å². The first-order valence-electron chi connectivity index (χ1n) is 6.02. The molecule has 0 radical (unpaired) electrons. The average molecular weight is 238 g/mol. The molecule has 1 amide bonds. The maximum absolute atomic E-state index is 12.1. The van der Waals surface area contributed by atoms with E-state index in [4.69, 9.17) is 9.63 Å². The lowest BCUT2D eigenvalue weighted by Crippen LogP contribution is -2.39. The van der Waals surface area contributed by atoms with Gasteiger partial charge in [-0.15, -0.1) is 0 Å². The Hall–Kier alpha value is -1.36. The summed E-state index contributed by atoms with van der Waals surface area (Å²) < 4.78 is 5.16. The van der Waals surface area contributed by atoms with Crippen LogP contribution < -0.4 is 0 Å². The highest BCUT2D eigenvalue weighted by molar-refractivity contribution is 5.92. The summed E-state index contributed by atoms with van der Waals surface area (Å²) >= 11 is 0. The number of hydrogen-bond acceptors (Lipinski definition) is 4. The van der Waals surface area contributed by atoms with Gasteiger partial charge in [-0.1, -0.05) is 5.16 Å². The molecule has 1 aromatic heterocycles. The Kier molecular flexibility index (Phi) is 3.47. The molecule has 0 bridgehead atoms. The molecular formula is C12H18N2O3. The van der Waals surface area contributed by atoms with Crippen molar-refractivity contribution in [3.63, 3.8) is 0 Å². The van der Waals surface area contributed by atoms with Gasteiger partial charge in [0.2, 0.25) is 0 Å². The number of aliphatic hydroxyl groups is 1. The number of amides is 1. The van der Waals surface area contributed by atoms with Crippen molar-refractivity contribution in [3.05, 3.63) is 17.5 Å². The fourth-order valence-electron chi connectivity index (χ4n) is 1.80. The van der Waals surface area contributed by atoms with E-state index in [-0.39, 0.29) is 18.6 Å². The SMILES string of the molecule is CC(C)N(CCO)C(=O)c1cc(C2CC2)on1. The van der Waals surface area contributed by atoms with E-state index in [1.165, 1.54) is 0 Å². The molecule has 1 fully saturated rings. The molecule has 0 atom stereocenters. The first-order chi connectivity index (χ1) is 8.13. The summed E-state index contributed by atoms with van der Waals surface area (Å²) in [5.74, 6) is 1.08. The Bertz CT molecular complexity index is 396. The van der Waals surface area contributed by atoms with Gasteiger partial charge in [0.1, 0.15) is 5.76 Å². The molecule has 17 heavy (non-hydrogen) atoms. The first-order valence-corrected chi connectivity index (χ1v) is 6.02. The van der Waals surface area contributed by atoms with Crippen LogP contribution in [0.2, 0.25) is 0 Å². The van der Waals surface area contributed by atoms with Crippen molar-refractivity contribution >= 4 is 5.91 Å². The van der Waals surface area contributed by atoms with Crippen LogP contribution in [0.4, 0.5) is 0 Å². The van der Waals surface area contributed by atoms with Crippen molar-refractivity contribution < 1.29 is 14.4 Å². The molecule has 0 saturated heterocycles. The van der Waals surface area contributed by atoms with Gasteiger partial charge in [-0.05, 0) is 26.7 Å². The topological polar surface area (TPSA) is 66.6 Å². The number of hydrogen-bond donors (Lipinski definition) is 1. The van der Waals surface area contributed by atoms with E-state index < -0.39 is 0 Å². The molecule has 2 rings (SSSR count). The fourth-order valence-corrected chi connectivity index (χ4v) is 1.80. The van der Waals surface area contributed by atoms with Gasteiger partial charge in [-0.2, -0.15) is 0 Å². The molecule has 5 heteroatoms. The highest BCUT2D eigenvalue weighted by Gasteiger charge is 2.30. The molecule has 1 saturated carbocycles. The molecule has 0 unspecified atom stereocenters. The number of rotatable bonds is 5. The highest BCUT2D eigenvalue weighted by Crippen LogP contribution is 2.40. The fraction of sp³-hybridized carbons (Fsp3) is 0.667. The summed E-state index contributed by atoms with van der Waals surface area (Å²) in [6.07, 6.45) is 2.24. The number of nitrogens with zero attached hydrogens (tertiary/aromatic N) is 2. The third-order valence-corrected chi connectivity index (χ3v) is 2.95. The van der Waals surface area contributed by atoms with E-state index in [9.17, 15) is 4.79 Å². The second-order valence-corrected chi connectivity index (χ2v) is 4.70. The predicted molar refractivity (Wildman–Crippen MR) is 61.7 cm³/mol. The van der Waals surface area contributed by atoms with Gasteiger partial charge >= 0.3 is 0 Å². The molecule has 0 aliphatic heterocycles. The molecule has 5 nitrogen and oxygen atoms in total. The van der Waals surface area contributed by atoms with Crippen LogP contribution in [0.25, 0.3) is 0 Å². The summed E-state index contributed by atoms with van der Waals surface area (Å²) in [4.78, 5) is 13.7. The van der Waals surface area contributed by atoms with Crippen molar-refractivity contribution in [3.8, 4) is 0 Å². The van der Waals surface area contributed by atoms with Crippen molar-refractivity contribution in [2.45, 2.75) is 38.6 Å². The van der Waals surface area contributed by atoms with Gasteiger partial charge in [-0.3, -0.25) is 4.79 Å². The van der Waals surface area contributed by atoms with Gasteiger partial charge in [0.15, 0.2) is 5.69 Å². The molecule has 1 aromatic rings. The second-order valence-electron chi connectivity index (χ2n) is 4.70. The van der Waals surface area contributed by atoms with Crippen LogP contribution >= 0.6 is 0 Å². The lowest BCUT2D eigenvalue weighted by atomic mass is 10.2.